The molecule has 76 valence electrons. The van der Waals surface area contributed by atoms with Gasteiger partial charge in [-0.25, -0.2) is 0 Å². The number of primary amides is 1. The third-order valence-electron chi connectivity index (χ3n) is 1.66. The molecule has 0 bridgehead atoms. The van der Waals surface area contributed by atoms with Gasteiger partial charge in [-0.3, -0.25) is 9.59 Å². The van der Waals surface area contributed by atoms with E-state index >= 15 is 0 Å². The van der Waals surface area contributed by atoms with E-state index in [-0.39, 0.29) is 11.2 Å². The van der Waals surface area contributed by atoms with Crippen LogP contribution < -0.4 is 5.73 Å². The van der Waals surface area contributed by atoms with Crippen LogP contribution in [0.25, 0.3) is 0 Å². The standard InChI is InChI=1S/C8H15NO3S/c1-3-6(7(9)10)13-4-5(2)8(11)12/h5-6H,3-4H2,1-2H3,(H2,9,10)(H,11,12). The number of carbonyl (C=O) groups is 2. The lowest BCUT2D eigenvalue weighted by molar-refractivity contribution is -0.140. The quantitative estimate of drug-likeness (QED) is 0.669. The zero-order chi connectivity index (χ0) is 10.4. The zero-order valence-electron chi connectivity index (χ0n) is 7.82. The third kappa shape index (κ3) is 4.77. The van der Waals surface area contributed by atoms with Crippen molar-refractivity contribution in [1.82, 2.24) is 0 Å². The first kappa shape index (κ1) is 12.3. The summed E-state index contributed by atoms with van der Waals surface area (Å²) in [6.07, 6.45) is 0.645. The van der Waals surface area contributed by atoms with Crippen molar-refractivity contribution < 1.29 is 14.7 Å². The summed E-state index contributed by atoms with van der Waals surface area (Å²) in [6.45, 7) is 3.47. The van der Waals surface area contributed by atoms with Crippen molar-refractivity contribution in [2.75, 3.05) is 5.75 Å². The Labute approximate surface area is 81.9 Å². The molecule has 0 saturated heterocycles. The van der Waals surface area contributed by atoms with Crippen LogP contribution in [-0.4, -0.2) is 28.0 Å². The second-order valence-electron chi connectivity index (χ2n) is 2.87. The third-order valence-corrected chi connectivity index (χ3v) is 3.32. The Bertz CT molecular complexity index is 196. The first-order chi connectivity index (χ1) is 5.99. The van der Waals surface area contributed by atoms with Gasteiger partial charge in [0.15, 0.2) is 0 Å². The summed E-state index contributed by atoms with van der Waals surface area (Å²) in [5.74, 6) is -1.22. The number of hydrogen-bond acceptors (Lipinski definition) is 3. The largest absolute Gasteiger partial charge is 0.481 e. The van der Waals surface area contributed by atoms with E-state index in [1.54, 1.807) is 6.92 Å². The molecular formula is C8H15NO3S. The van der Waals surface area contributed by atoms with E-state index in [2.05, 4.69) is 0 Å². The Balaban J connectivity index is 3.85. The van der Waals surface area contributed by atoms with E-state index in [9.17, 15) is 9.59 Å². The van der Waals surface area contributed by atoms with Crippen LogP contribution in [0.1, 0.15) is 20.3 Å². The van der Waals surface area contributed by atoms with Crippen molar-refractivity contribution in [3.8, 4) is 0 Å². The average molecular weight is 205 g/mol. The minimum Gasteiger partial charge on any atom is -0.481 e. The molecule has 0 aliphatic heterocycles. The fourth-order valence-corrected chi connectivity index (χ4v) is 1.80. The van der Waals surface area contributed by atoms with E-state index in [0.717, 1.165) is 0 Å². The van der Waals surface area contributed by atoms with Gasteiger partial charge in [0.05, 0.1) is 11.2 Å². The molecule has 0 radical (unpaired) electrons. The molecule has 0 aromatic carbocycles. The van der Waals surface area contributed by atoms with Crippen LogP contribution in [0.3, 0.4) is 0 Å². The van der Waals surface area contributed by atoms with Crippen molar-refractivity contribution in [2.24, 2.45) is 11.7 Å². The van der Waals surface area contributed by atoms with Gasteiger partial charge in [-0.15, -0.1) is 11.8 Å². The minimum absolute atomic E-state index is 0.262. The highest BCUT2D eigenvalue weighted by molar-refractivity contribution is 8.00. The number of carboxylic acid groups (broad SMARTS) is 1. The molecule has 0 fully saturated rings. The maximum atomic E-state index is 10.8. The molecule has 2 atom stereocenters. The Morgan fingerprint density at radius 2 is 2.08 bits per heavy atom. The lowest BCUT2D eigenvalue weighted by Gasteiger charge is -2.11. The molecule has 0 aromatic rings. The molecule has 1 amide bonds. The Morgan fingerprint density at radius 3 is 2.38 bits per heavy atom. The van der Waals surface area contributed by atoms with Gasteiger partial charge >= 0.3 is 5.97 Å². The molecule has 0 aliphatic carbocycles. The molecule has 5 heteroatoms. The average Bonchev–Trinajstić information content (AvgIpc) is 2.04. The van der Waals surface area contributed by atoms with Crippen LogP contribution >= 0.6 is 11.8 Å². The summed E-state index contributed by atoms with van der Waals surface area (Å²) in [6, 6.07) is 0. The molecule has 2 unspecified atom stereocenters. The lowest BCUT2D eigenvalue weighted by Crippen LogP contribution is -2.26. The number of amides is 1. The summed E-state index contributed by atoms with van der Waals surface area (Å²) < 4.78 is 0. The maximum Gasteiger partial charge on any atom is 0.307 e. The van der Waals surface area contributed by atoms with Gasteiger partial charge in [-0.05, 0) is 6.42 Å². The number of carboxylic acids is 1. The highest BCUT2D eigenvalue weighted by atomic mass is 32.2. The molecule has 3 N–H and O–H groups in total. The Kier molecular flexibility index (Phi) is 5.53. The van der Waals surface area contributed by atoms with Crippen molar-refractivity contribution in [1.29, 1.82) is 0 Å². The van der Waals surface area contributed by atoms with Crippen LogP contribution in [0.2, 0.25) is 0 Å². The number of hydrogen-bond donors (Lipinski definition) is 2. The van der Waals surface area contributed by atoms with E-state index in [4.69, 9.17) is 10.8 Å². The van der Waals surface area contributed by atoms with Gasteiger partial charge in [-0.1, -0.05) is 13.8 Å². The number of aliphatic carboxylic acids is 1. The van der Waals surface area contributed by atoms with E-state index in [1.807, 2.05) is 6.92 Å². The fourth-order valence-electron chi connectivity index (χ4n) is 0.733. The van der Waals surface area contributed by atoms with Crippen LogP contribution in [0.5, 0.6) is 0 Å². The highest BCUT2D eigenvalue weighted by Crippen LogP contribution is 2.17. The van der Waals surface area contributed by atoms with Gasteiger partial charge in [0.1, 0.15) is 0 Å². The van der Waals surface area contributed by atoms with Gasteiger partial charge in [0.2, 0.25) is 5.91 Å². The number of thioether (sulfide) groups is 1. The smallest absolute Gasteiger partial charge is 0.307 e. The molecule has 0 aromatic heterocycles. The monoisotopic (exact) mass is 205 g/mol. The molecule has 0 heterocycles. The summed E-state index contributed by atoms with van der Waals surface area (Å²) in [7, 11) is 0. The lowest BCUT2D eigenvalue weighted by atomic mass is 10.2. The predicted molar refractivity (Wildman–Crippen MR) is 52.5 cm³/mol. The summed E-state index contributed by atoms with van der Waals surface area (Å²) in [5.41, 5.74) is 5.10. The summed E-state index contributed by atoms with van der Waals surface area (Å²) in [5, 5.41) is 8.31. The molecule has 4 nitrogen and oxygen atoms in total. The number of nitrogens with two attached hydrogens (primary N) is 1. The van der Waals surface area contributed by atoms with Crippen molar-refractivity contribution >= 4 is 23.6 Å². The van der Waals surface area contributed by atoms with E-state index in [0.29, 0.717) is 12.2 Å². The SMILES string of the molecule is CCC(SCC(C)C(=O)O)C(N)=O. The second kappa shape index (κ2) is 5.85. The topological polar surface area (TPSA) is 80.4 Å². The highest BCUT2D eigenvalue weighted by Gasteiger charge is 2.17. The predicted octanol–water partition coefficient (Wildman–Crippen LogP) is 0.704. The molecule has 0 rings (SSSR count). The molecule has 0 spiro atoms. The second-order valence-corrected chi connectivity index (χ2v) is 4.11. The normalized spacial score (nSPS) is 14.9. The van der Waals surface area contributed by atoms with Crippen LogP contribution in [-0.2, 0) is 9.59 Å². The molecular weight excluding hydrogens is 190 g/mol. The van der Waals surface area contributed by atoms with E-state index in [1.165, 1.54) is 11.8 Å². The fraction of sp³-hybridized carbons (Fsp3) is 0.750. The first-order valence-corrected chi connectivity index (χ1v) is 5.17. The Hall–Kier alpha value is -0.710. The first-order valence-electron chi connectivity index (χ1n) is 4.12. The van der Waals surface area contributed by atoms with E-state index < -0.39 is 11.9 Å². The zero-order valence-corrected chi connectivity index (χ0v) is 8.63. The van der Waals surface area contributed by atoms with Gasteiger partial charge < -0.3 is 10.8 Å². The Morgan fingerprint density at radius 1 is 1.54 bits per heavy atom. The molecule has 0 aliphatic rings. The molecule has 0 saturated carbocycles. The van der Waals surface area contributed by atoms with Crippen LogP contribution in [0.4, 0.5) is 0 Å². The number of carbonyl (C=O) groups excluding carboxylic acids is 1. The van der Waals surface area contributed by atoms with Gasteiger partial charge in [0.25, 0.3) is 0 Å². The maximum absolute atomic E-state index is 10.8. The van der Waals surface area contributed by atoms with Crippen LogP contribution in [0, 0.1) is 5.92 Å². The van der Waals surface area contributed by atoms with Crippen molar-refractivity contribution in [3.05, 3.63) is 0 Å². The van der Waals surface area contributed by atoms with Crippen molar-refractivity contribution in [2.45, 2.75) is 25.5 Å². The minimum atomic E-state index is -0.841. The van der Waals surface area contributed by atoms with Crippen molar-refractivity contribution in [3.63, 3.8) is 0 Å². The molecule has 13 heavy (non-hydrogen) atoms. The summed E-state index contributed by atoms with van der Waals surface area (Å²) in [4.78, 5) is 21.2. The van der Waals surface area contributed by atoms with Gasteiger partial charge in [-0.2, -0.15) is 0 Å². The van der Waals surface area contributed by atoms with Crippen LogP contribution in [0.15, 0.2) is 0 Å². The summed E-state index contributed by atoms with van der Waals surface area (Å²) >= 11 is 1.31. The van der Waals surface area contributed by atoms with Gasteiger partial charge in [0, 0.05) is 5.75 Å². The number of rotatable bonds is 6.